The number of likely N-dealkylation sites (N-methyl/N-ethyl adjacent to an activating group) is 2. The number of aromatic hydroxyl groups is 1. The van der Waals surface area contributed by atoms with Crippen molar-refractivity contribution in [1.82, 2.24) is 4.90 Å². The minimum absolute atomic E-state index is 0.0741. The van der Waals surface area contributed by atoms with Crippen LogP contribution in [0.4, 0.5) is 0 Å². The first kappa shape index (κ1) is 30.2. The molecule has 4 aliphatic rings. The summed E-state index contributed by atoms with van der Waals surface area (Å²) in [5, 5.41) is 25.6. The fourth-order valence-corrected chi connectivity index (χ4v) is 7.24. The third-order valence-electron chi connectivity index (χ3n) is 9.88. The van der Waals surface area contributed by atoms with Gasteiger partial charge in [0.2, 0.25) is 5.75 Å². The van der Waals surface area contributed by atoms with Crippen LogP contribution in [0.2, 0.25) is 0 Å². The van der Waals surface area contributed by atoms with Gasteiger partial charge in [0.05, 0.1) is 34.9 Å². The summed E-state index contributed by atoms with van der Waals surface area (Å²) in [6.45, 7) is 1.28. The number of methoxy groups -OCH3 is 3. The predicted molar refractivity (Wildman–Crippen MR) is 175 cm³/mol. The van der Waals surface area contributed by atoms with Crippen LogP contribution in [-0.2, 0) is 25.7 Å². The number of rotatable bonds is 3. The van der Waals surface area contributed by atoms with E-state index in [4.69, 9.17) is 23.7 Å². The third kappa shape index (κ3) is 5.28. The molecule has 46 heavy (non-hydrogen) atoms. The van der Waals surface area contributed by atoms with E-state index in [1.807, 2.05) is 60.7 Å². The van der Waals surface area contributed by atoms with Crippen LogP contribution >= 0.6 is 0 Å². The van der Waals surface area contributed by atoms with E-state index in [-0.39, 0.29) is 17.8 Å². The highest BCUT2D eigenvalue weighted by Gasteiger charge is 2.37. The third-order valence-corrected chi connectivity index (χ3v) is 9.88. The van der Waals surface area contributed by atoms with Crippen molar-refractivity contribution in [3.63, 3.8) is 0 Å². The second-order valence-corrected chi connectivity index (χ2v) is 12.7. The van der Waals surface area contributed by atoms with Gasteiger partial charge in [0, 0.05) is 36.6 Å². The minimum atomic E-state index is -0.409. The van der Waals surface area contributed by atoms with Gasteiger partial charge in [0.25, 0.3) is 0 Å². The summed E-state index contributed by atoms with van der Waals surface area (Å²) in [4.78, 5) is 2.28. The SMILES string of the molecule is COc1ccc2cc1Oc1ccc(cc1)C[C@@H]1c3cc(c(OC)cc3CC[N+]1(C)[O-])Oc1c(O)c(OC)cc3c1[C@@H](C2)N(C)CC3. The van der Waals surface area contributed by atoms with E-state index < -0.39 is 4.65 Å². The van der Waals surface area contributed by atoms with Crippen LogP contribution < -0.4 is 23.7 Å². The molecule has 9 heteroatoms. The van der Waals surface area contributed by atoms with E-state index in [1.165, 1.54) is 0 Å². The molecule has 0 spiro atoms. The van der Waals surface area contributed by atoms with Gasteiger partial charge in [-0.15, -0.1) is 0 Å². The van der Waals surface area contributed by atoms with Gasteiger partial charge in [0.15, 0.2) is 34.5 Å². The maximum Gasteiger partial charge on any atom is 0.201 e. The molecule has 9 nitrogen and oxygen atoms in total. The number of ether oxygens (including phenoxy) is 5. The van der Waals surface area contributed by atoms with E-state index in [0.717, 1.165) is 46.3 Å². The van der Waals surface area contributed by atoms with Crippen molar-refractivity contribution in [3.8, 4) is 46.0 Å². The molecule has 4 heterocycles. The molecule has 4 aromatic rings. The summed E-state index contributed by atoms with van der Waals surface area (Å²) in [6, 6.07) is 19.2. The van der Waals surface area contributed by atoms with Gasteiger partial charge in [-0.05, 0) is 84.6 Å². The number of fused-ring (bicyclic) bond motifs is 2. The lowest BCUT2D eigenvalue weighted by Crippen LogP contribution is -2.47. The van der Waals surface area contributed by atoms with Crippen molar-refractivity contribution in [2.24, 2.45) is 0 Å². The zero-order valence-electron chi connectivity index (χ0n) is 27.0. The summed E-state index contributed by atoms with van der Waals surface area (Å²) in [6.07, 6.45) is 2.55. The highest BCUT2D eigenvalue weighted by Crippen LogP contribution is 2.51. The maximum atomic E-state index is 14.0. The number of phenolic OH excluding ortho intramolecular Hbond substituents is 1. The number of quaternary nitrogens is 1. The Morgan fingerprint density at radius 1 is 0.804 bits per heavy atom. The Morgan fingerprint density at radius 3 is 2.24 bits per heavy atom. The van der Waals surface area contributed by atoms with Crippen molar-refractivity contribution in [2.75, 3.05) is 48.5 Å². The topological polar surface area (TPSA) is 92.7 Å². The van der Waals surface area contributed by atoms with Gasteiger partial charge in [0.1, 0.15) is 11.8 Å². The van der Waals surface area contributed by atoms with Gasteiger partial charge in [-0.1, -0.05) is 18.2 Å². The fourth-order valence-electron chi connectivity index (χ4n) is 7.24. The van der Waals surface area contributed by atoms with Crippen molar-refractivity contribution in [1.29, 1.82) is 0 Å². The van der Waals surface area contributed by atoms with Crippen LogP contribution in [0.5, 0.6) is 46.0 Å². The first-order valence-electron chi connectivity index (χ1n) is 15.7. The molecule has 6 bridgehead atoms. The molecule has 3 atom stereocenters. The molecule has 240 valence electrons. The lowest BCUT2D eigenvalue weighted by atomic mass is 9.87. The largest absolute Gasteiger partial charge is 0.633 e. The first-order chi connectivity index (χ1) is 22.2. The minimum Gasteiger partial charge on any atom is -0.633 e. The Kier molecular flexibility index (Phi) is 7.71. The van der Waals surface area contributed by atoms with Gasteiger partial charge in [-0.3, -0.25) is 4.90 Å². The molecule has 1 N–H and O–H groups in total. The van der Waals surface area contributed by atoms with Crippen molar-refractivity contribution >= 4 is 0 Å². The molecule has 4 aromatic carbocycles. The van der Waals surface area contributed by atoms with Crippen molar-refractivity contribution in [3.05, 3.63) is 99.3 Å². The van der Waals surface area contributed by atoms with Crippen LogP contribution in [0.3, 0.4) is 0 Å². The van der Waals surface area contributed by atoms with Gasteiger partial charge in [-0.25, -0.2) is 0 Å². The van der Waals surface area contributed by atoms with E-state index in [2.05, 4.69) is 11.9 Å². The Hall–Kier alpha value is -4.44. The maximum absolute atomic E-state index is 14.0. The monoisotopic (exact) mass is 624 g/mol. The summed E-state index contributed by atoms with van der Waals surface area (Å²) < 4.78 is 29.9. The summed E-state index contributed by atoms with van der Waals surface area (Å²) >= 11 is 0. The molecule has 0 saturated heterocycles. The zero-order chi connectivity index (χ0) is 32.2. The first-order valence-corrected chi connectivity index (χ1v) is 15.7. The highest BCUT2D eigenvalue weighted by molar-refractivity contribution is 5.63. The van der Waals surface area contributed by atoms with Crippen LogP contribution in [0.25, 0.3) is 0 Å². The quantitative estimate of drug-likeness (QED) is 0.195. The number of phenols is 1. The molecular formula is C37H40N2O7. The van der Waals surface area contributed by atoms with E-state index in [0.29, 0.717) is 66.1 Å². The average Bonchev–Trinajstić information content (AvgIpc) is 3.05. The summed E-state index contributed by atoms with van der Waals surface area (Å²) in [5.41, 5.74) is 5.99. The molecule has 1 unspecified atom stereocenters. The number of benzene rings is 4. The van der Waals surface area contributed by atoms with Gasteiger partial charge in [-0.2, -0.15) is 0 Å². The Bertz CT molecular complexity index is 1790. The molecule has 0 fully saturated rings. The highest BCUT2D eigenvalue weighted by atomic mass is 16.5. The molecule has 0 amide bonds. The average molecular weight is 625 g/mol. The second-order valence-electron chi connectivity index (χ2n) is 12.7. The molecule has 0 radical (unpaired) electrons. The summed E-state index contributed by atoms with van der Waals surface area (Å²) in [5.74, 6) is 3.53. The molecule has 0 saturated carbocycles. The van der Waals surface area contributed by atoms with Crippen LogP contribution in [0.15, 0.2) is 60.7 Å². The normalized spacial score (nSPS) is 22.0. The van der Waals surface area contributed by atoms with E-state index >= 15 is 0 Å². The zero-order valence-corrected chi connectivity index (χ0v) is 27.0. The lowest BCUT2D eigenvalue weighted by molar-refractivity contribution is -0.894. The Labute approximate surface area is 269 Å². The second kappa shape index (κ2) is 11.7. The molecule has 8 rings (SSSR count). The summed E-state index contributed by atoms with van der Waals surface area (Å²) in [7, 11) is 8.62. The van der Waals surface area contributed by atoms with E-state index in [1.54, 1.807) is 28.4 Å². The molecule has 0 aromatic heterocycles. The fraction of sp³-hybridized carbons (Fsp3) is 0.351. The standard InChI is InChI=1S/C37H40N2O7/c1-38-14-12-25-20-34(44-5)36(40)37-35(25)28(38)16-23-8-11-30(42-3)32(18-23)45-26-9-6-22(7-10-26)17-29-27-21-33(46-37)31(43-4)19-24(27)13-15-39(29,2)41/h6-11,18-21,28-29,40H,12-17H2,1-5H3/t28-,29-,39?/m1/s1. The molecule has 4 aliphatic heterocycles. The van der Waals surface area contributed by atoms with Crippen molar-refractivity contribution < 1.29 is 33.4 Å². The smallest absolute Gasteiger partial charge is 0.201 e. The molecular weight excluding hydrogens is 584 g/mol. The number of hydroxylamine groups is 3. The van der Waals surface area contributed by atoms with Gasteiger partial charge >= 0.3 is 0 Å². The van der Waals surface area contributed by atoms with Crippen LogP contribution in [-0.4, -0.2) is 63.2 Å². The molecule has 0 aliphatic carbocycles. The van der Waals surface area contributed by atoms with E-state index in [9.17, 15) is 10.3 Å². The van der Waals surface area contributed by atoms with Crippen LogP contribution in [0, 0.1) is 5.21 Å². The number of hydrogen-bond donors (Lipinski definition) is 1. The van der Waals surface area contributed by atoms with Crippen molar-refractivity contribution in [2.45, 2.75) is 37.8 Å². The number of nitrogens with zero attached hydrogens (tertiary/aromatic N) is 2. The number of hydrogen-bond acceptors (Lipinski definition) is 8. The Morgan fingerprint density at radius 2 is 1.50 bits per heavy atom. The van der Waals surface area contributed by atoms with Crippen LogP contribution in [0.1, 0.15) is 45.5 Å². The lowest BCUT2D eigenvalue weighted by Gasteiger charge is -2.49. The Balaban J connectivity index is 1.47. The predicted octanol–water partition coefficient (Wildman–Crippen LogP) is 6.87. The van der Waals surface area contributed by atoms with Gasteiger partial charge < -0.3 is 38.6 Å².